The fourth-order valence-electron chi connectivity index (χ4n) is 4.90. The van der Waals surface area contributed by atoms with E-state index in [2.05, 4.69) is 4.98 Å². The smallest absolute Gasteiger partial charge is 0.255 e. The molecule has 0 unspecified atom stereocenters. The van der Waals surface area contributed by atoms with E-state index in [9.17, 15) is 18.0 Å². The first-order valence-corrected chi connectivity index (χ1v) is 11.4. The summed E-state index contributed by atoms with van der Waals surface area (Å²) in [7, 11) is -1.79. The molecule has 3 saturated heterocycles. The fraction of sp³-hybridized carbons (Fsp3) is 0.632. The van der Waals surface area contributed by atoms with Crippen LogP contribution in [0.2, 0.25) is 0 Å². The molecule has 3 aliphatic rings. The van der Waals surface area contributed by atoms with E-state index in [4.69, 9.17) is 0 Å². The summed E-state index contributed by atoms with van der Waals surface area (Å²) in [5.41, 5.74) is -0.387. The molecular weight excluding hydrogens is 380 g/mol. The van der Waals surface area contributed by atoms with E-state index in [-0.39, 0.29) is 30.5 Å². The third-order valence-corrected chi connectivity index (χ3v) is 8.33. The minimum atomic E-state index is -3.37. The molecule has 1 aromatic heterocycles. The van der Waals surface area contributed by atoms with Gasteiger partial charge in [0.1, 0.15) is 0 Å². The quantitative estimate of drug-likeness (QED) is 0.716. The van der Waals surface area contributed by atoms with Crippen molar-refractivity contribution in [2.45, 2.75) is 31.7 Å². The zero-order chi connectivity index (χ0) is 19.9. The van der Waals surface area contributed by atoms with Crippen molar-refractivity contribution >= 4 is 21.8 Å². The van der Waals surface area contributed by atoms with Crippen LogP contribution in [0.1, 0.15) is 36.0 Å². The van der Waals surface area contributed by atoms with Gasteiger partial charge in [0.25, 0.3) is 5.91 Å². The molecule has 8 nitrogen and oxygen atoms in total. The molecule has 0 radical (unpaired) electrons. The number of pyridine rings is 1. The molecule has 0 aliphatic carbocycles. The van der Waals surface area contributed by atoms with Gasteiger partial charge in [-0.3, -0.25) is 14.6 Å². The minimum Gasteiger partial charge on any atom is -0.342 e. The van der Waals surface area contributed by atoms with Crippen LogP contribution in [0.15, 0.2) is 24.5 Å². The highest BCUT2D eigenvalue weighted by atomic mass is 32.2. The normalized spacial score (nSPS) is 30.1. The third kappa shape index (κ3) is 3.10. The van der Waals surface area contributed by atoms with Gasteiger partial charge < -0.3 is 9.80 Å². The highest BCUT2D eigenvalue weighted by Gasteiger charge is 2.58. The van der Waals surface area contributed by atoms with Crippen LogP contribution >= 0.6 is 0 Å². The minimum absolute atomic E-state index is 0.000404. The van der Waals surface area contributed by atoms with Crippen molar-refractivity contribution in [2.75, 3.05) is 39.0 Å². The molecule has 3 aliphatic heterocycles. The first-order chi connectivity index (χ1) is 13.3. The molecule has 2 atom stereocenters. The molecule has 0 aromatic carbocycles. The molecule has 152 valence electrons. The summed E-state index contributed by atoms with van der Waals surface area (Å²) in [6.45, 7) is 2.09. The van der Waals surface area contributed by atoms with Crippen molar-refractivity contribution in [3.05, 3.63) is 30.1 Å². The number of piperidine rings is 1. The Bertz CT molecular complexity index is 869. The Morgan fingerprint density at radius 1 is 1.18 bits per heavy atom. The van der Waals surface area contributed by atoms with Crippen molar-refractivity contribution in [3.63, 3.8) is 0 Å². The molecule has 0 saturated carbocycles. The number of likely N-dealkylation sites (tertiary alicyclic amines) is 2. The highest BCUT2D eigenvalue weighted by Crippen LogP contribution is 2.44. The molecule has 28 heavy (non-hydrogen) atoms. The lowest BCUT2D eigenvalue weighted by atomic mass is 9.71. The van der Waals surface area contributed by atoms with Crippen LogP contribution in [-0.4, -0.2) is 84.3 Å². The first-order valence-electron chi connectivity index (χ1n) is 9.79. The fourth-order valence-corrected chi connectivity index (χ4v) is 6.51. The van der Waals surface area contributed by atoms with Gasteiger partial charge >= 0.3 is 0 Å². The average Bonchev–Trinajstić information content (AvgIpc) is 3.25. The van der Waals surface area contributed by atoms with Crippen molar-refractivity contribution in [1.82, 2.24) is 19.1 Å². The van der Waals surface area contributed by atoms with E-state index in [0.717, 1.165) is 12.8 Å². The van der Waals surface area contributed by atoms with Gasteiger partial charge in [0, 0.05) is 51.7 Å². The van der Waals surface area contributed by atoms with E-state index >= 15 is 0 Å². The Balaban J connectivity index is 1.67. The monoisotopic (exact) mass is 406 g/mol. The molecule has 3 fully saturated rings. The van der Waals surface area contributed by atoms with Crippen molar-refractivity contribution in [3.8, 4) is 0 Å². The maximum Gasteiger partial charge on any atom is 0.255 e. The number of hydrogen-bond donors (Lipinski definition) is 0. The van der Waals surface area contributed by atoms with Gasteiger partial charge in [0.2, 0.25) is 15.9 Å². The third-order valence-electron chi connectivity index (χ3n) is 6.48. The molecule has 9 heteroatoms. The first kappa shape index (κ1) is 19.3. The summed E-state index contributed by atoms with van der Waals surface area (Å²) in [5.74, 6) is -0.217. The van der Waals surface area contributed by atoms with Crippen LogP contribution in [0.25, 0.3) is 0 Å². The summed E-state index contributed by atoms with van der Waals surface area (Å²) in [6, 6.07) is 3.03. The van der Waals surface area contributed by atoms with Gasteiger partial charge in [0.05, 0.1) is 16.7 Å². The Kier molecular flexibility index (Phi) is 4.91. The van der Waals surface area contributed by atoms with Gasteiger partial charge in [-0.05, 0) is 37.8 Å². The predicted molar refractivity (Wildman–Crippen MR) is 103 cm³/mol. The molecule has 0 spiro atoms. The topological polar surface area (TPSA) is 90.9 Å². The maximum atomic E-state index is 13.6. The van der Waals surface area contributed by atoms with Crippen molar-refractivity contribution in [1.29, 1.82) is 0 Å². The van der Waals surface area contributed by atoms with Crippen molar-refractivity contribution in [2.24, 2.45) is 5.41 Å². The number of carbonyl (C=O) groups is 2. The zero-order valence-corrected chi connectivity index (χ0v) is 16.9. The summed E-state index contributed by atoms with van der Waals surface area (Å²) in [6.07, 6.45) is 5.80. The number of hydrogen-bond acceptors (Lipinski definition) is 5. The van der Waals surface area contributed by atoms with Crippen molar-refractivity contribution < 1.29 is 18.0 Å². The number of sulfonamides is 1. The summed E-state index contributed by atoms with van der Waals surface area (Å²) in [4.78, 5) is 34.1. The van der Waals surface area contributed by atoms with Gasteiger partial charge in [-0.15, -0.1) is 0 Å². The molecule has 0 bridgehead atoms. The van der Waals surface area contributed by atoms with Gasteiger partial charge in [-0.2, -0.15) is 0 Å². The van der Waals surface area contributed by atoms with E-state index in [1.54, 1.807) is 30.3 Å². The Labute approximate surface area is 165 Å². The Morgan fingerprint density at radius 3 is 2.61 bits per heavy atom. The predicted octanol–water partition coefficient (Wildman–Crippen LogP) is 0.570. The van der Waals surface area contributed by atoms with Gasteiger partial charge in [-0.1, -0.05) is 0 Å². The number of rotatable bonds is 2. The number of aromatic nitrogens is 1. The molecule has 2 amide bonds. The molecule has 4 rings (SSSR count). The SMILES string of the molecule is CN1[C@@H]2CCN(C(=O)c3cccnc3)C[C@@]2(C(=O)N2CCCC2)CCS1(=O)=O. The van der Waals surface area contributed by atoms with Crippen LogP contribution in [0.5, 0.6) is 0 Å². The lowest BCUT2D eigenvalue weighted by Crippen LogP contribution is -2.67. The number of carbonyl (C=O) groups excluding carboxylic acids is 2. The maximum absolute atomic E-state index is 13.6. The van der Waals surface area contributed by atoms with Gasteiger partial charge in [-0.25, -0.2) is 12.7 Å². The molecule has 0 N–H and O–H groups in total. The largest absolute Gasteiger partial charge is 0.342 e. The van der Waals surface area contributed by atoms with E-state index in [1.807, 2.05) is 4.90 Å². The highest BCUT2D eigenvalue weighted by molar-refractivity contribution is 7.89. The number of amides is 2. The van der Waals surface area contributed by atoms with Crippen LogP contribution < -0.4 is 0 Å². The summed E-state index contributed by atoms with van der Waals surface area (Å²) in [5, 5.41) is 0. The second kappa shape index (κ2) is 7.11. The Hall–Kier alpha value is -2.00. The lowest BCUT2D eigenvalue weighted by Gasteiger charge is -2.53. The molecular formula is C19H26N4O4S. The molecule has 4 heterocycles. The van der Waals surface area contributed by atoms with E-state index in [0.29, 0.717) is 31.6 Å². The van der Waals surface area contributed by atoms with Crippen LogP contribution in [0.4, 0.5) is 0 Å². The lowest BCUT2D eigenvalue weighted by molar-refractivity contribution is -0.148. The van der Waals surface area contributed by atoms with E-state index in [1.165, 1.54) is 10.5 Å². The second-order valence-corrected chi connectivity index (χ2v) is 10.2. The second-order valence-electron chi connectivity index (χ2n) is 8.01. The standard InChI is InChI=1S/C19H26N4O4S/c1-21-16-6-11-23(17(24)15-5-4-8-20-13-15)14-19(16,7-12-28(21,26)27)18(25)22-9-2-3-10-22/h4-5,8,13,16H,2-3,6-7,9-12,14H2,1H3/t16-,19+/m1/s1. The van der Waals surface area contributed by atoms with Crippen LogP contribution in [0.3, 0.4) is 0 Å². The zero-order valence-electron chi connectivity index (χ0n) is 16.1. The van der Waals surface area contributed by atoms with Crippen LogP contribution in [-0.2, 0) is 14.8 Å². The van der Waals surface area contributed by atoms with Crippen LogP contribution in [0, 0.1) is 5.41 Å². The Morgan fingerprint density at radius 2 is 1.93 bits per heavy atom. The average molecular weight is 407 g/mol. The molecule has 1 aromatic rings. The number of fused-ring (bicyclic) bond motifs is 1. The summed E-state index contributed by atoms with van der Waals surface area (Å²) >= 11 is 0. The number of nitrogens with zero attached hydrogens (tertiary/aromatic N) is 4. The van der Waals surface area contributed by atoms with E-state index < -0.39 is 21.5 Å². The van der Waals surface area contributed by atoms with Gasteiger partial charge in [0.15, 0.2) is 0 Å². The summed E-state index contributed by atoms with van der Waals surface area (Å²) < 4.78 is 26.3.